The summed E-state index contributed by atoms with van der Waals surface area (Å²) >= 11 is 0. The first-order chi connectivity index (χ1) is 1.91. The summed E-state index contributed by atoms with van der Waals surface area (Å²) in [4.78, 5) is 0. The summed E-state index contributed by atoms with van der Waals surface area (Å²) in [7, 11) is 0. The topological polar surface area (TPSA) is 20.2 Å². The van der Waals surface area contributed by atoms with Gasteiger partial charge in [0.05, 0.1) is 0 Å². The summed E-state index contributed by atoms with van der Waals surface area (Å²) in [5, 5.41) is 7.88. The van der Waals surface area contributed by atoms with Gasteiger partial charge >= 0.3 is 0 Å². The molecule has 0 saturated carbocycles. The van der Waals surface area contributed by atoms with Gasteiger partial charge in [-0.25, -0.2) is 0 Å². The summed E-state index contributed by atoms with van der Waals surface area (Å²) in [6.07, 6.45) is 0.875. The van der Waals surface area contributed by atoms with Gasteiger partial charge in [0.15, 0.2) is 0 Å². The van der Waals surface area contributed by atoms with E-state index in [2.05, 4.69) is 0 Å². The smallest absolute Gasteiger partial charge is 0.0428 e. The Balaban J connectivity index is -0.0000000450. The van der Waals surface area contributed by atoms with Crippen LogP contribution in [-0.2, 0) is 0 Å². The number of aliphatic hydroxyl groups excluding tert-OH is 1. The standard InChI is InChI=1S/C3H8O.2ClH/c1-2-3-4;;/h4H,2-3H2,1H3;2*1H. The Morgan fingerprint density at radius 2 is 1.50 bits per heavy atom. The number of halogens is 2. The first-order valence-corrected chi connectivity index (χ1v) is 1.52. The van der Waals surface area contributed by atoms with Crippen molar-refractivity contribution in [3.63, 3.8) is 0 Å². The van der Waals surface area contributed by atoms with Crippen LogP contribution in [0.25, 0.3) is 0 Å². The van der Waals surface area contributed by atoms with E-state index in [4.69, 9.17) is 5.11 Å². The van der Waals surface area contributed by atoms with Crippen LogP contribution >= 0.6 is 24.8 Å². The molecule has 0 bridgehead atoms. The maximum atomic E-state index is 7.88. The molecule has 0 heterocycles. The molecule has 0 aliphatic carbocycles. The maximum absolute atomic E-state index is 7.88. The Morgan fingerprint density at radius 3 is 1.50 bits per heavy atom. The first kappa shape index (κ1) is 16.0. The maximum Gasteiger partial charge on any atom is 0.0428 e. The largest absolute Gasteiger partial charge is 0.396 e. The second-order valence-corrected chi connectivity index (χ2v) is 0.724. The van der Waals surface area contributed by atoms with E-state index in [-0.39, 0.29) is 24.8 Å². The number of hydrogen-bond acceptors (Lipinski definition) is 1. The quantitative estimate of drug-likeness (QED) is 0.570. The molecule has 3 heteroatoms. The summed E-state index contributed by atoms with van der Waals surface area (Å²) in [5.41, 5.74) is 0. The van der Waals surface area contributed by atoms with Crippen LogP contribution in [0.15, 0.2) is 0 Å². The molecule has 0 atom stereocenters. The molecule has 6 heavy (non-hydrogen) atoms. The third-order valence-electron chi connectivity index (χ3n) is 0.224. The lowest BCUT2D eigenvalue weighted by atomic mass is 10.5. The highest BCUT2D eigenvalue weighted by Crippen LogP contribution is 1.61. The fraction of sp³-hybridized carbons (Fsp3) is 1.00. The van der Waals surface area contributed by atoms with Crippen LogP contribution in [0.1, 0.15) is 13.3 Å². The van der Waals surface area contributed by atoms with Crippen molar-refractivity contribution in [3.05, 3.63) is 0 Å². The lowest BCUT2D eigenvalue weighted by Gasteiger charge is -1.69. The minimum Gasteiger partial charge on any atom is -0.396 e. The molecule has 0 aromatic heterocycles. The van der Waals surface area contributed by atoms with Gasteiger partial charge in [0.1, 0.15) is 0 Å². The molecule has 1 nitrogen and oxygen atoms in total. The lowest BCUT2D eigenvalue weighted by molar-refractivity contribution is 0.295. The van der Waals surface area contributed by atoms with E-state index < -0.39 is 0 Å². The van der Waals surface area contributed by atoms with Gasteiger partial charge in [0.25, 0.3) is 0 Å². The Morgan fingerprint density at radius 1 is 1.33 bits per heavy atom. The monoisotopic (exact) mass is 132 g/mol. The van der Waals surface area contributed by atoms with Crippen LogP contribution in [0, 0.1) is 0 Å². The summed E-state index contributed by atoms with van der Waals surface area (Å²) < 4.78 is 0. The van der Waals surface area contributed by atoms with Crippen molar-refractivity contribution in [3.8, 4) is 0 Å². The summed E-state index contributed by atoms with van der Waals surface area (Å²) in [6, 6.07) is 0. The Hall–Kier alpha value is 0.540. The number of aliphatic hydroxyl groups is 1. The zero-order chi connectivity index (χ0) is 3.41. The summed E-state index contributed by atoms with van der Waals surface area (Å²) in [5.74, 6) is 0. The average Bonchev–Trinajstić information content (AvgIpc) is 1.37. The van der Waals surface area contributed by atoms with Crippen LogP contribution in [0.5, 0.6) is 0 Å². The number of rotatable bonds is 1. The van der Waals surface area contributed by atoms with E-state index in [1.807, 2.05) is 6.92 Å². The molecule has 1 N–H and O–H groups in total. The Labute approximate surface area is 50.6 Å². The van der Waals surface area contributed by atoms with Crippen molar-refractivity contribution in [1.82, 2.24) is 0 Å². The van der Waals surface area contributed by atoms with Gasteiger partial charge in [0, 0.05) is 6.61 Å². The van der Waals surface area contributed by atoms with E-state index in [9.17, 15) is 0 Å². The van der Waals surface area contributed by atoms with Crippen molar-refractivity contribution in [2.75, 3.05) is 6.61 Å². The second kappa shape index (κ2) is 17.7. The SMILES string of the molecule is CCCO.Cl.Cl. The molecule has 0 aromatic carbocycles. The molecule has 0 amide bonds. The van der Waals surface area contributed by atoms with Gasteiger partial charge < -0.3 is 5.11 Å². The van der Waals surface area contributed by atoms with Gasteiger partial charge in [0.2, 0.25) is 0 Å². The van der Waals surface area contributed by atoms with Gasteiger partial charge in [-0.1, -0.05) is 6.92 Å². The van der Waals surface area contributed by atoms with Crippen LogP contribution < -0.4 is 0 Å². The highest BCUT2D eigenvalue weighted by atomic mass is 35.5. The van der Waals surface area contributed by atoms with Gasteiger partial charge in [-0.15, -0.1) is 24.8 Å². The lowest BCUT2D eigenvalue weighted by Crippen LogP contribution is -1.69. The molecule has 0 aliphatic rings. The molecule has 0 aromatic rings. The van der Waals surface area contributed by atoms with Crippen molar-refractivity contribution in [2.45, 2.75) is 13.3 Å². The van der Waals surface area contributed by atoms with Crippen LogP contribution in [0.4, 0.5) is 0 Å². The van der Waals surface area contributed by atoms with Crippen LogP contribution in [0.2, 0.25) is 0 Å². The van der Waals surface area contributed by atoms with Crippen molar-refractivity contribution in [1.29, 1.82) is 0 Å². The Kier molecular flexibility index (Phi) is 47.2. The second-order valence-electron chi connectivity index (χ2n) is 0.724. The third kappa shape index (κ3) is 24.0. The molecule has 0 unspecified atom stereocenters. The van der Waals surface area contributed by atoms with Crippen LogP contribution in [-0.4, -0.2) is 11.7 Å². The first-order valence-electron chi connectivity index (χ1n) is 1.52. The van der Waals surface area contributed by atoms with E-state index >= 15 is 0 Å². The van der Waals surface area contributed by atoms with Gasteiger partial charge in [-0.2, -0.15) is 0 Å². The fourth-order valence-electron chi connectivity index (χ4n) is 0. The molecule has 0 radical (unpaired) electrons. The normalized spacial score (nSPS) is 5.00. The molecule has 0 fully saturated rings. The molecule has 42 valence electrons. The minimum atomic E-state index is 0. The minimum absolute atomic E-state index is 0. The molecule has 0 saturated heterocycles. The van der Waals surface area contributed by atoms with E-state index in [0.717, 1.165) is 6.42 Å². The fourth-order valence-corrected chi connectivity index (χ4v) is 0. The predicted octanol–water partition coefficient (Wildman–Crippen LogP) is 1.23. The molecular formula is C3H10Cl2O. The highest BCUT2D eigenvalue weighted by Gasteiger charge is 1.57. The third-order valence-corrected chi connectivity index (χ3v) is 0.224. The molecule has 0 aliphatic heterocycles. The zero-order valence-corrected chi connectivity index (χ0v) is 5.31. The zero-order valence-electron chi connectivity index (χ0n) is 3.68. The van der Waals surface area contributed by atoms with E-state index in [0.29, 0.717) is 6.61 Å². The van der Waals surface area contributed by atoms with Gasteiger partial charge in [-0.3, -0.25) is 0 Å². The molecular weight excluding hydrogens is 123 g/mol. The molecule has 0 spiro atoms. The van der Waals surface area contributed by atoms with Crippen molar-refractivity contribution >= 4 is 24.8 Å². The predicted molar refractivity (Wildman–Crippen MR) is 31.9 cm³/mol. The van der Waals surface area contributed by atoms with Crippen LogP contribution in [0.3, 0.4) is 0 Å². The van der Waals surface area contributed by atoms with E-state index in [1.54, 1.807) is 0 Å². The van der Waals surface area contributed by atoms with Crippen molar-refractivity contribution in [2.24, 2.45) is 0 Å². The molecule has 0 rings (SSSR count). The Bertz CT molecular complexity index is 10.8. The summed E-state index contributed by atoms with van der Waals surface area (Å²) in [6.45, 7) is 2.25. The van der Waals surface area contributed by atoms with E-state index in [1.165, 1.54) is 0 Å². The number of hydrogen-bond donors (Lipinski definition) is 1. The van der Waals surface area contributed by atoms with Gasteiger partial charge in [-0.05, 0) is 6.42 Å². The van der Waals surface area contributed by atoms with Crippen molar-refractivity contribution < 1.29 is 5.11 Å². The highest BCUT2D eigenvalue weighted by molar-refractivity contribution is 5.85. The average molecular weight is 133 g/mol.